The number of carbonyl (C=O) groups is 1. The van der Waals surface area contributed by atoms with Gasteiger partial charge in [0.2, 0.25) is 5.91 Å². The van der Waals surface area contributed by atoms with Crippen LogP contribution in [-0.4, -0.2) is 29.4 Å². The highest BCUT2D eigenvalue weighted by Gasteiger charge is 2.28. The minimum atomic E-state index is -0.414. The number of amides is 1. The van der Waals surface area contributed by atoms with Gasteiger partial charge in [0.1, 0.15) is 5.82 Å². The molecule has 0 aliphatic heterocycles. The molecule has 4 nitrogen and oxygen atoms in total. The molecule has 0 aromatic heterocycles. The van der Waals surface area contributed by atoms with Gasteiger partial charge >= 0.3 is 0 Å². The molecule has 0 aliphatic carbocycles. The number of primary amides is 1. The molecular weight excluding hydrogens is 257 g/mol. The maximum absolute atomic E-state index is 13.5. The van der Waals surface area contributed by atoms with E-state index >= 15 is 0 Å². The van der Waals surface area contributed by atoms with Crippen LogP contribution < -0.4 is 11.5 Å². The smallest absolute Gasteiger partial charge is 0.231 e. The van der Waals surface area contributed by atoms with E-state index in [2.05, 4.69) is 0 Å². The van der Waals surface area contributed by atoms with Crippen LogP contribution in [0.15, 0.2) is 24.3 Å². The number of halogens is 1. The molecule has 1 amide bonds. The van der Waals surface area contributed by atoms with E-state index in [-0.39, 0.29) is 30.5 Å². The zero-order valence-electron chi connectivity index (χ0n) is 12.3. The average molecular weight is 281 g/mol. The lowest BCUT2D eigenvalue weighted by Gasteiger charge is -2.37. The van der Waals surface area contributed by atoms with Crippen LogP contribution in [0.25, 0.3) is 0 Å². The van der Waals surface area contributed by atoms with Crippen molar-refractivity contribution in [3.63, 3.8) is 0 Å². The Morgan fingerprint density at radius 1 is 1.40 bits per heavy atom. The second kappa shape index (κ2) is 7.36. The van der Waals surface area contributed by atoms with E-state index in [1.807, 2.05) is 31.7 Å². The summed E-state index contributed by atoms with van der Waals surface area (Å²) in [5, 5.41) is 0. The number of benzene rings is 1. The monoisotopic (exact) mass is 281 g/mol. The number of rotatable bonds is 7. The molecule has 0 aliphatic rings. The van der Waals surface area contributed by atoms with E-state index < -0.39 is 5.91 Å². The van der Waals surface area contributed by atoms with Crippen molar-refractivity contribution in [2.45, 2.75) is 45.3 Å². The van der Waals surface area contributed by atoms with Gasteiger partial charge in [0, 0.05) is 12.1 Å². The third-order valence-corrected chi connectivity index (χ3v) is 3.43. The number of nitrogens with two attached hydrogens (primary N) is 2. The van der Waals surface area contributed by atoms with Gasteiger partial charge in [0.15, 0.2) is 0 Å². The maximum Gasteiger partial charge on any atom is 0.231 e. The standard InChI is InChI=1S/C15H24FN3O/c1-4-13(17)15(11-6-5-7-12(16)8-11)19(10(2)3)9-14(18)20/h5-8,10,13,15H,4,9,17H2,1-3H3,(H2,18,20). The molecule has 20 heavy (non-hydrogen) atoms. The second-order valence-corrected chi connectivity index (χ2v) is 5.30. The molecule has 0 saturated heterocycles. The molecule has 4 N–H and O–H groups in total. The SMILES string of the molecule is CCC(N)C(c1cccc(F)c1)N(CC(N)=O)C(C)C. The lowest BCUT2D eigenvalue weighted by Crippen LogP contribution is -2.47. The fourth-order valence-electron chi connectivity index (χ4n) is 2.38. The molecule has 0 spiro atoms. The van der Waals surface area contributed by atoms with Crippen LogP contribution in [0.4, 0.5) is 4.39 Å². The number of carbonyl (C=O) groups excluding carboxylic acids is 1. The van der Waals surface area contributed by atoms with Crippen LogP contribution in [-0.2, 0) is 4.79 Å². The maximum atomic E-state index is 13.5. The van der Waals surface area contributed by atoms with Gasteiger partial charge in [0.25, 0.3) is 0 Å². The zero-order chi connectivity index (χ0) is 15.3. The van der Waals surface area contributed by atoms with Crippen molar-refractivity contribution in [1.82, 2.24) is 4.90 Å². The predicted molar refractivity (Wildman–Crippen MR) is 78.4 cm³/mol. The summed E-state index contributed by atoms with van der Waals surface area (Å²) in [4.78, 5) is 13.2. The largest absolute Gasteiger partial charge is 0.369 e. The normalized spacial score (nSPS) is 14.6. The highest BCUT2D eigenvalue weighted by molar-refractivity contribution is 5.76. The van der Waals surface area contributed by atoms with Crippen molar-refractivity contribution in [1.29, 1.82) is 0 Å². The van der Waals surface area contributed by atoms with Gasteiger partial charge in [0.05, 0.1) is 12.6 Å². The lowest BCUT2D eigenvalue weighted by molar-refractivity contribution is -0.120. The van der Waals surface area contributed by atoms with Gasteiger partial charge in [-0.2, -0.15) is 0 Å². The molecule has 0 heterocycles. The van der Waals surface area contributed by atoms with Gasteiger partial charge in [-0.25, -0.2) is 4.39 Å². The fraction of sp³-hybridized carbons (Fsp3) is 0.533. The Hall–Kier alpha value is -1.46. The lowest BCUT2D eigenvalue weighted by atomic mass is 9.95. The van der Waals surface area contributed by atoms with Crippen molar-refractivity contribution in [3.05, 3.63) is 35.6 Å². The molecule has 5 heteroatoms. The number of hydrogen-bond acceptors (Lipinski definition) is 3. The summed E-state index contributed by atoms with van der Waals surface area (Å²) < 4.78 is 13.5. The van der Waals surface area contributed by atoms with Gasteiger partial charge < -0.3 is 11.5 Å². The van der Waals surface area contributed by atoms with E-state index in [0.717, 1.165) is 12.0 Å². The first-order chi connectivity index (χ1) is 9.36. The summed E-state index contributed by atoms with van der Waals surface area (Å²) in [6, 6.07) is 6.00. The van der Waals surface area contributed by atoms with Crippen LogP contribution >= 0.6 is 0 Å². The van der Waals surface area contributed by atoms with Crippen LogP contribution in [0.3, 0.4) is 0 Å². The van der Waals surface area contributed by atoms with E-state index in [9.17, 15) is 9.18 Å². The third kappa shape index (κ3) is 4.28. The van der Waals surface area contributed by atoms with Crippen LogP contribution in [0.1, 0.15) is 38.8 Å². The quantitative estimate of drug-likeness (QED) is 0.800. The molecule has 1 aromatic rings. The zero-order valence-corrected chi connectivity index (χ0v) is 12.3. The molecule has 1 rings (SSSR count). The number of nitrogens with zero attached hydrogens (tertiary/aromatic N) is 1. The highest BCUT2D eigenvalue weighted by atomic mass is 19.1. The minimum absolute atomic E-state index is 0.0772. The van der Waals surface area contributed by atoms with Crippen LogP contribution in [0.5, 0.6) is 0 Å². The van der Waals surface area contributed by atoms with Gasteiger partial charge in [-0.1, -0.05) is 19.1 Å². The Kier molecular flexibility index (Phi) is 6.10. The second-order valence-electron chi connectivity index (χ2n) is 5.30. The Bertz CT molecular complexity index is 450. The molecule has 0 saturated carbocycles. The van der Waals surface area contributed by atoms with Gasteiger partial charge in [-0.15, -0.1) is 0 Å². The molecule has 0 radical (unpaired) electrons. The van der Waals surface area contributed by atoms with Crippen LogP contribution in [0.2, 0.25) is 0 Å². The molecule has 112 valence electrons. The first-order valence-corrected chi connectivity index (χ1v) is 6.91. The summed E-state index contributed by atoms with van der Waals surface area (Å²) in [5.74, 6) is -0.720. The topological polar surface area (TPSA) is 72.3 Å². The minimum Gasteiger partial charge on any atom is -0.369 e. The van der Waals surface area contributed by atoms with Crippen molar-refractivity contribution < 1.29 is 9.18 Å². The number of hydrogen-bond donors (Lipinski definition) is 2. The van der Waals surface area contributed by atoms with E-state index in [4.69, 9.17) is 11.5 Å². The summed E-state index contributed by atoms with van der Waals surface area (Å²) in [6.07, 6.45) is 0.725. The fourth-order valence-corrected chi connectivity index (χ4v) is 2.38. The van der Waals surface area contributed by atoms with Gasteiger partial charge in [-0.3, -0.25) is 9.69 Å². The molecular formula is C15H24FN3O. The Labute approximate surface area is 119 Å². The van der Waals surface area contributed by atoms with Gasteiger partial charge in [-0.05, 0) is 38.0 Å². The molecule has 1 aromatic carbocycles. The van der Waals surface area contributed by atoms with Crippen molar-refractivity contribution in [2.24, 2.45) is 11.5 Å². The molecule has 0 bridgehead atoms. The first-order valence-electron chi connectivity index (χ1n) is 6.91. The van der Waals surface area contributed by atoms with Crippen molar-refractivity contribution in [3.8, 4) is 0 Å². The third-order valence-electron chi connectivity index (χ3n) is 3.43. The summed E-state index contributed by atoms with van der Waals surface area (Å²) >= 11 is 0. The molecule has 0 fully saturated rings. The summed E-state index contributed by atoms with van der Waals surface area (Å²) in [7, 11) is 0. The molecule has 2 atom stereocenters. The summed E-state index contributed by atoms with van der Waals surface area (Å²) in [5.41, 5.74) is 12.3. The van der Waals surface area contributed by atoms with E-state index in [1.165, 1.54) is 12.1 Å². The molecule has 2 unspecified atom stereocenters. The summed E-state index contributed by atoms with van der Waals surface area (Å²) in [6.45, 7) is 6.02. The van der Waals surface area contributed by atoms with E-state index in [0.29, 0.717) is 0 Å². The predicted octanol–water partition coefficient (Wildman–Crippen LogP) is 1.80. The first kappa shape index (κ1) is 16.6. The van der Waals surface area contributed by atoms with Crippen LogP contribution in [0, 0.1) is 5.82 Å². The van der Waals surface area contributed by atoms with E-state index in [1.54, 1.807) is 6.07 Å². The van der Waals surface area contributed by atoms with Crippen molar-refractivity contribution in [2.75, 3.05) is 6.54 Å². The highest BCUT2D eigenvalue weighted by Crippen LogP contribution is 2.27. The van der Waals surface area contributed by atoms with Crippen molar-refractivity contribution >= 4 is 5.91 Å². The Morgan fingerprint density at radius 3 is 2.50 bits per heavy atom. The Morgan fingerprint density at radius 2 is 2.05 bits per heavy atom. The average Bonchev–Trinajstić information content (AvgIpc) is 2.37. The Balaban J connectivity index is 3.18.